The summed E-state index contributed by atoms with van der Waals surface area (Å²) in [4.78, 5) is 37.1. The smallest absolute Gasteiger partial charge is 0.270 e. The van der Waals surface area contributed by atoms with E-state index < -0.39 is 22.9 Å². The highest BCUT2D eigenvalue weighted by Crippen LogP contribution is 2.28. The van der Waals surface area contributed by atoms with E-state index in [2.05, 4.69) is 5.32 Å². The Hall–Kier alpha value is -2.77. The molecule has 0 aromatic heterocycles. The largest absolute Gasteiger partial charge is 0.296 e. The molecule has 2 aromatic carbocycles. The van der Waals surface area contributed by atoms with Crippen LogP contribution in [0.2, 0.25) is 0 Å². The molecule has 0 aliphatic carbocycles. The number of nitro benzene ring substituents is 1. The molecule has 0 saturated heterocycles. The first-order valence-electron chi connectivity index (χ1n) is 8.96. The SMILES string of the molecule is CCCC(NCCc1ccccc1)N1C(=O)c2ccc([N+](=O)[O-])cc2C1=O.Cl. The maximum Gasteiger partial charge on any atom is 0.270 e. The lowest BCUT2D eigenvalue weighted by Gasteiger charge is -2.27. The summed E-state index contributed by atoms with van der Waals surface area (Å²) in [5, 5.41) is 14.3. The van der Waals surface area contributed by atoms with Crippen molar-refractivity contribution in [1.82, 2.24) is 10.2 Å². The predicted molar refractivity (Wildman–Crippen MR) is 108 cm³/mol. The fraction of sp³-hybridized carbons (Fsp3) is 0.300. The number of rotatable bonds is 8. The molecule has 148 valence electrons. The molecule has 7 nitrogen and oxygen atoms in total. The van der Waals surface area contributed by atoms with Crippen molar-refractivity contribution < 1.29 is 14.5 Å². The molecule has 3 rings (SSSR count). The highest BCUT2D eigenvalue weighted by Gasteiger charge is 2.40. The zero-order valence-corrected chi connectivity index (χ0v) is 16.3. The zero-order valence-electron chi connectivity index (χ0n) is 15.5. The standard InChI is InChI=1S/C20H21N3O4.ClH/c1-2-6-18(21-12-11-14-7-4-3-5-8-14)22-19(24)16-10-9-15(23(26)27)13-17(16)20(22)25;/h3-5,7-10,13,18,21H,2,6,11-12H2,1H3;1H. The number of nitrogens with one attached hydrogen (secondary N) is 1. The Morgan fingerprint density at radius 1 is 1.07 bits per heavy atom. The van der Waals surface area contributed by atoms with E-state index in [9.17, 15) is 19.7 Å². The van der Waals surface area contributed by atoms with Gasteiger partial charge in [0.1, 0.15) is 0 Å². The number of non-ortho nitro benzene ring substituents is 1. The molecule has 1 N–H and O–H groups in total. The quantitative estimate of drug-likeness (QED) is 0.413. The summed E-state index contributed by atoms with van der Waals surface area (Å²) in [6.07, 6.45) is 1.74. The maximum atomic E-state index is 12.8. The molecule has 0 spiro atoms. The Morgan fingerprint density at radius 3 is 2.39 bits per heavy atom. The highest BCUT2D eigenvalue weighted by molar-refractivity contribution is 6.21. The molecule has 0 saturated carbocycles. The molecular weight excluding hydrogens is 382 g/mol. The predicted octanol–water partition coefficient (Wildman–Crippen LogP) is 3.57. The average Bonchev–Trinajstić information content (AvgIpc) is 2.92. The summed E-state index contributed by atoms with van der Waals surface area (Å²) in [6.45, 7) is 2.59. The molecule has 1 atom stereocenters. The number of hydrogen-bond donors (Lipinski definition) is 1. The molecule has 2 amide bonds. The number of carbonyl (C=O) groups is 2. The molecule has 0 radical (unpaired) electrons. The second-order valence-corrected chi connectivity index (χ2v) is 6.46. The lowest BCUT2D eigenvalue weighted by atomic mass is 10.1. The first kappa shape index (κ1) is 21.5. The summed E-state index contributed by atoms with van der Waals surface area (Å²) in [5.41, 5.74) is 1.29. The Morgan fingerprint density at radius 2 is 1.75 bits per heavy atom. The molecule has 0 bridgehead atoms. The van der Waals surface area contributed by atoms with E-state index in [0.717, 1.165) is 12.8 Å². The third kappa shape index (κ3) is 4.37. The number of imide groups is 1. The van der Waals surface area contributed by atoms with E-state index in [4.69, 9.17) is 0 Å². The van der Waals surface area contributed by atoms with Crippen molar-refractivity contribution in [2.75, 3.05) is 6.54 Å². The van der Waals surface area contributed by atoms with Gasteiger partial charge in [-0.2, -0.15) is 0 Å². The van der Waals surface area contributed by atoms with Gasteiger partial charge in [0.05, 0.1) is 22.2 Å². The van der Waals surface area contributed by atoms with Gasteiger partial charge in [0, 0.05) is 18.7 Å². The number of nitrogens with zero attached hydrogens (tertiary/aromatic N) is 2. The molecule has 0 fully saturated rings. The first-order chi connectivity index (χ1) is 13.0. The average molecular weight is 404 g/mol. The maximum absolute atomic E-state index is 12.8. The van der Waals surface area contributed by atoms with Gasteiger partial charge in [-0.05, 0) is 24.5 Å². The van der Waals surface area contributed by atoms with Gasteiger partial charge in [0.25, 0.3) is 17.5 Å². The summed E-state index contributed by atoms with van der Waals surface area (Å²) in [6, 6.07) is 13.7. The van der Waals surface area contributed by atoms with Gasteiger partial charge in [-0.15, -0.1) is 12.4 Å². The second kappa shape index (κ2) is 9.43. The molecule has 8 heteroatoms. The Labute approximate surface area is 169 Å². The first-order valence-corrected chi connectivity index (χ1v) is 8.96. The minimum atomic E-state index is -0.567. The van der Waals surface area contributed by atoms with Gasteiger partial charge in [-0.1, -0.05) is 43.7 Å². The van der Waals surface area contributed by atoms with Gasteiger partial charge in [0.15, 0.2) is 0 Å². The van der Waals surface area contributed by atoms with E-state index in [1.165, 1.54) is 28.7 Å². The van der Waals surface area contributed by atoms with E-state index in [0.29, 0.717) is 13.0 Å². The van der Waals surface area contributed by atoms with Crippen LogP contribution in [-0.2, 0) is 6.42 Å². The van der Waals surface area contributed by atoms with Crippen LogP contribution in [0.5, 0.6) is 0 Å². The molecular formula is C20H22ClN3O4. The monoisotopic (exact) mass is 403 g/mol. The highest BCUT2D eigenvalue weighted by atomic mass is 35.5. The third-order valence-corrected chi connectivity index (χ3v) is 4.62. The van der Waals surface area contributed by atoms with Crippen molar-refractivity contribution >= 4 is 29.9 Å². The molecule has 2 aromatic rings. The second-order valence-electron chi connectivity index (χ2n) is 6.46. The van der Waals surface area contributed by atoms with Crippen LogP contribution in [0, 0.1) is 10.1 Å². The Kier molecular flexibility index (Phi) is 7.25. The number of benzene rings is 2. The minimum absolute atomic E-state index is 0. The number of amides is 2. The van der Waals surface area contributed by atoms with Crippen LogP contribution in [0.25, 0.3) is 0 Å². The van der Waals surface area contributed by atoms with Gasteiger partial charge >= 0.3 is 0 Å². The summed E-state index contributed by atoms with van der Waals surface area (Å²) >= 11 is 0. The van der Waals surface area contributed by atoms with E-state index >= 15 is 0 Å². The number of halogens is 1. The van der Waals surface area contributed by atoms with E-state index in [1.807, 2.05) is 37.3 Å². The molecule has 1 aliphatic rings. The fourth-order valence-electron chi connectivity index (χ4n) is 3.27. The van der Waals surface area contributed by atoms with Crippen LogP contribution >= 0.6 is 12.4 Å². The van der Waals surface area contributed by atoms with Gasteiger partial charge in [-0.25, -0.2) is 0 Å². The summed E-state index contributed by atoms with van der Waals surface area (Å²) < 4.78 is 0. The number of hydrogen-bond acceptors (Lipinski definition) is 5. The van der Waals surface area contributed by atoms with Crippen LogP contribution in [0.3, 0.4) is 0 Å². The van der Waals surface area contributed by atoms with Gasteiger partial charge < -0.3 is 0 Å². The van der Waals surface area contributed by atoms with Crippen molar-refractivity contribution in [3.05, 3.63) is 75.3 Å². The normalized spacial score (nSPS) is 13.8. The van der Waals surface area contributed by atoms with E-state index in [1.54, 1.807) is 0 Å². The fourth-order valence-corrected chi connectivity index (χ4v) is 3.27. The lowest BCUT2D eigenvalue weighted by molar-refractivity contribution is -0.384. The van der Waals surface area contributed by atoms with Crippen LogP contribution in [-0.4, -0.2) is 34.3 Å². The van der Waals surface area contributed by atoms with Crippen molar-refractivity contribution in [1.29, 1.82) is 0 Å². The number of carbonyl (C=O) groups excluding carboxylic acids is 2. The van der Waals surface area contributed by atoms with Gasteiger partial charge in [-0.3, -0.25) is 29.9 Å². The Bertz CT molecular complexity index is 873. The summed E-state index contributed by atoms with van der Waals surface area (Å²) in [7, 11) is 0. The number of nitro groups is 1. The lowest BCUT2D eigenvalue weighted by Crippen LogP contribution is -2.49. The van der Waals surface area contributed by atoms with Crippen LogP contribution < -0.4 is 5.32 Å². The Balaban J connectivity index is 0.00000280. The zero-order chi connectivity index (χ0) is 19.4. The van der Waals surface area contributed by atoms with Crippen molar-refractivity contribution in [3.8, 4) is 0 Å². The number of fused-ring (bicyclic) bond motifs is 1. The van der Waals surface area contributed by atoms with Crippen molar-refractivity contribution in [2.45, 2.75) is 32.4 Å². The van der Waals surface area contributed by atoms with Crippen molar-refractivity contribution in [2.24, 2.45) is 0 Å². The molecule has 1 unspecified atom stereocenters. The van der Waals surface area contributed by atoms with Crippen LogP contribution in [0.15, 0.2) is 48.5 Å². The van der Waals surface area contributed by atoms with E-state index in [-0.39, 0.29) is 29.2 Å². The van der Waals surface area contributed by atoms with Crippen LogP contribution in [0.4, 0.5) is 5.69 Å². The molecule has 1 heterocycles. The van der Waals surface area contributed by atoms with Crippen molar-refractivity contribution in [3.63, 3.8) is 0 Å². The molecule has 1 aliphatic heterocycles. The molecule has 28 heavy (non-hydrogen) atoms. The third-order valence-electron chi connectivity index (χ3n) is 4.62. The van der Waals surface area contributed by atoms with Crippen LogP contribution in [0.1, 0.15) is 46.0 Å². The minimum Gasteiger partial charge on any atom is -0.296 e. The topological polar surface area (TPSA) is 92.6 Å². The summed E-state index contributed by atoms with van der Waals surface area (Å²) in [5.74, 6) is -0.889. The van der Waals surface area contributed by atoms with Gasteiger partial charge in [0.2, 0.25) is 0 Å².